The fourth-order valence-corrected chi connectivity index (χ4v) is 3.13. The zero-order chi connectivity index (χ0) is 20.5. The van der Waals surface area contributed by atoms with E-state index in [1.54, 1.807) is 49.4 Å². The number of anilines is 1. The van der Waals surface area contributed by atoms with E-state index >= 15 is 0 Å². The molecule has 0 spiro atoms. The van der Waals surface area contributed by atoms with Gasteiger partial charge in [0.15, 0.2) is 17.6 Å². The molecule has 1 atom stereocenters. The van der Waals surface area contributed by atoms with Crippen LogP contribution < -0.4 is 14.8 Å². The molecular weight excluding hydrogens is 396 g/mol. The summed E-state index contributed by atoms with van der Waals surface area (Å²) in [6.45, 7) is 3.36. The number of benzene rings is 2. The molecule has 29 heavy (non-hydrogen) atoms. The number of pyridine rings is 1. The lowest BCUT2D eigenvalue weighted by molar-refractivity contribution is -0.123. The van der Waals surface area contributed by atoms with Gasteiger partial charge in [-0.15, -0.1) is 0 Å². The van der Waals surface area contributed by atoms with Crippen LogP contribution in [0.1, 0.15) is 23.0 Å². The van der Waals surface area contributed by atoms with Gasteiger partial charge >= 0.3 is 5.97 Å². The van der Waals surface area contributed by atoms with Gasteiger partial charge < -0.3 is 19.5 Å². The summed E-state index contributed by atoms with van der Waals surface area (Å²) < 4.78 is 15.9. The van der Waals surface area contributed by atoms with Crippen LogP contribution in [0.25, 0.3) is 10.9 Å². The predicted molar refractivity (Wildman–Crippen MR) is 108 cm³/mol. The Morgan fingerprint density at radius 3 is 2.76 bits per heavy atom. The first kappa shape index (κ1) is 19.0. The Bertz CT molecular complexity index is 1130. The van der Waals surface area contributed by atoms with Crippen LogP contribution in [-0.4, -0.2) is 29.8 Å². The summed E-state index contributed by atoms with van der Waals surface area (Å²) in [5, 5.41) is 3.95. The van der Waals surface area contributed by atoms with Crippen molar-refractivity contribution in [2.45, 2.75) is 20.0 Å². The molecule has 0 saturated carbocycles. The smallest absolute Gasteiger partial charge is 0.340 e. The number of hydrogen-bond acceptors (Lipinski definition) is 6. The van der Waals surface area contributed by atoms with E-state index in [0.29, 0.717) is 33.3 Å². The van der Waals surface area contributed by atoms with Crippen LogP contribution in [0.4, 0.5) is 5.69 Å². The van der Waals surface area contributed by atoms with Crippen LogP contribution in [0.5, 0.6) is 11.5 Å². The van der Waals surface area contributed by atoms with Crippen LogP contribution in [0.2, 0.25) is 5.02 Å². The van der Waals surface area contributed by atoms with Crippen molar-refractivity contribution in [1.29, 1.82) is 0 Å². The minimum Gasteiger partial charge on any atom is -0.454 e. The van der Waals surface area contributed by atoms with Crippen LogP contribution >= 0.6 is 11.6 Å². The van der Waals surface area contributed by atoms with Crippen LogP contribution in [0, 0.1) is 6.92 Å². The van der Waals surface area contributed by atoms with Gasteiger partial charge in [0.05, 0.1) is 16.8 Å². The molecule has 148 valence electrons. The summed E-state index contributed by atoms with van der Waals surface area (Å²) in [4.78, 5) is 29.4. The normalized spacial score (nSPS) is 13.2. The van der Waals surface area contributed by atoms with Gasteiger partial charge in [-0.1, -0.05) is 11.6 Å². The van der Waals surface area contributed by atoms with Crippen molar-refractivity contribution in [3.05, 3.63) is 58.7 Å². The third kappa shape index (κ3) is 3.95. The van der Waals surface area contributed by atoms with Gasteiger partial charge in [-0.3, -0.25) is 9.78 Å². The molecule has 0 saturated heterocycles. The summed E-state index contributed by atoms with van der Waals surface area (Å²) in [6, 6.07) is 11.9. The Balaban J connectivity index is 1.47. The van der Waals surface area contributed by atoms with E-state index in [1.165, 1.54) is 6.92 Å². The monoisotopic (exact) mass is 412 g/mol. The van der Waals surface area contributed by atoms with Gasteiger partial charge in [-0.05, 0) is 50.2 Å². The number of nitrogens with zero attached hydrogens (tertiary/aromatic N) is 1. The molecule has 7 nitrogen and oxygen atoms in total. The Morgan fingerprint density at radius 1 is 1.14 bits per heavy atom. The van der Waals surface area contributed by atoms with Crippen molar-refractivity contribution in [2.75, 3.05) is 12.1 Å². The molecule has 2 heterocycles. The van der Waals surface area contributed by atoms with Crippen LogP contribution in [-0.2, 0) is 9.53 Å². The van der Waals surface area contributed by atoms with E-state index in [-0.39, 0.29) is 12.4 Å². The SMILES string of the molecule is Cc1nc2ccc(Cl)cc2cc1C(=O)OC(C)C(=O)Nc1ccc2c(c1)OCO2. The second kappa shape index (κ2) is 7.60. The van der Waals surface area contributed by atoms with Crippen molar-refractivity contribution in [2.24, 2.45) is 0 Å². The number of halogens is 1. The standard InChI is InChI=1S/C21H17ClN2O5/c1-11-16(8-13-7-14(22)3-5-17(13)23-11)21(26)29-12(2)20(25)24-15-4-6-18-19(9-15)28-10-27-18/h3-9,12H,10H2,1-2H3,(H,24,25). The number of hydrogen-bond donors (Lipinski definition) is 1. The highest BCUT2D eigenvalue weighted by Gasteiger charge is 2.22. The molecule has 4 rings (SSSR count). The highest BCUT2D eigenvalue weighted by atomic mass is 35.5. The van der Waals surface area contributed by atoms with E-state index in [2.05, 4.69) is 10.3 Å². The summed E-state index contributed by atoms with van der Waals surface area (Å²) >= 11 is 6.01. The van der Waals surface area contributed by atoms with E-state index in [1.807, 2.05) is 0 Å². The average molecular weight is 413 g/mol. The first-order valence-electron chi connectivity index (χ1n) is 8.89. The largest absolute Gasteiger partial charge is 0.454 e. The molecule has 3 aromatic rings. The fraction of sp³-hybridized carbons (Fsp3) is 0.190. The molecule has 8 heteroatoms. The van der Waals surface area contributed by atoms with E-state index in [9.17, 15) is 9.59 Å². The molecule has 1 N–H and O–H groups in total. The van der Waals surface area contributed by atoms with Gasteiger partial charge in [0, 0.05) is 22.2 Å². The van der Waals surface area contributed by atoms with Gasteiger partial charge in [-0.25, -0.2) is 4.79 Å². The molecule has 1 aromatic heterocycles. The average Bonchev–Trinajstić information content (AvgIpc) is 3.15. The van der Waals surface area contributed by atoms with Crippen molar-refractivity contribution in [3.8, 4) is 11.5 Å². The number of esters is 1. The van der Waals surface area contributed by atoms with Crippen molar-refractivity contribution in [1.82, 2.24) is 4.98 Å². The number of ether oxygens (including phenoxy) is 3. The number of aryl methyl sites for hydroxylation is 1. The number of carbonyl (C=O) groups is 2. The van der Waals surface area contributed by atoms with Gasteiger partial charge in [0.1, 0.15) is 0 Å². The maximum atomic E-state index is 12.6. The molecule has 0 aliphatic carbocycles. The summed E-state index contributed by atoms with van der Waals surface area (Å²) in [5.41, 5.74) is 2.02. The number of rotatable bonds is 4. The Morgan fingerprint density at radius 2 is 1.93 bits per heavy atom. The van der Waals surface area contributed by atoms with E-state index < -0.39 is 18.0 Å². The maximum absolute atomic E-state index is 12.6. The molecule has 1 aliphatic heterocycles. The quantitative estimate of drug-likeness (QED) is 0.649. The van der Waals surface area contributed by atoms with Crippen molar-refractivity contribution < 1.29 is 23.8 Å². The van der Waals surface area contributed by atoms with Gasteiger partial charge in [-0.2, -0.15) is 0 Å². The van der Waals surface area contributed by atoms with Crippen molar-refractivity contribution in [3.63, 3.8) is 0 Å². The molecule has 1 unspecified atom stereocenters. The topological polar surface area (TPSA) is 86.8 Å². The second-order valence-corrected chi connectivity index (χ2v) is 7.00. The third-order valence-electron chi connectivity index (χ3n) is 4.48. The Kier molecular flexibility index (Phi) is 4.98. The first-order chi connectivity index (χ1) is 13.9. The summed E-state index contributed by atoms with van der Waals surface area (Å²) in [6.07, 6.45) is -1.01. The molecule has 2 aromatic carbocycles. The lowest BCUT2D eigenvalue weighted by Crippen LogP contribution is -2.30. The number of amides is 1. The third-order valence-corrected chi connectivity index (χ3v) is 4.72. The number of carbonyl (C=O) groups excluding carboxylic acids is 2. The molecular formula is C21H17ClN2O5. The number of nitrogens with one attached hydrogen (secondary N) is 1. The van der Waals surface area contributed by atoms with Gasteiger partial charge in [0.2, 0.25) is 6.79 Å². The lowest BCUT2D eigenvalue weighted by atomic mass is 10.1. The minimum absolute atomic E-state index is 0.144. The summed E-state index contributed by atoms with van der Waals surface area (Å²) in [5.74, 6) is 0.0581. The number of fused-ring (bicyclic) bond motifs is 2. The lowest BCUT2D eigenvalue weighted by Gasteiger charge is -2.15. The van der Waals surface area contributed by atoms with E-state index in [4.69, 9.17) is 25.8 Å². The predicted octanol–water partition coefficient (Wildman–Crippen LogP) is 4.11. The highest BCUT2D eigenvalue weighted by Crippen LogP contribution is 2.34. The first-order valence-corrected chi connectivity index (χ1v) is 9.27. The zero-order valence-corrected chi connectivity index (χ0v) is 16.4. The summed E-state index contributed by atoms with van der Waals surface area (Å²) in [7, 11) is 0. The molecule has 0 radical (unpaired) electrons. The minimum atomic E-state index is -1.01. The molecule has 1 aliphatic rings. The number of aromatic nitrogens is 1. The maximum Gasteiger partial charge on any atom is 0.340 e. The van der Waals surface area contributed by atoms with E-state index in [0.717, 1.165) is 5.52 Å². The fourth-order valence-electron chi connectivity index (χ4n) is 2.95. The highest BCUT2D eigenvalue weighted by molar-refractivity contribution is 6.31. The van der Waals surface area contributed by atoms with Gasteiger partial charge in [0.25, 0.3) is 5.91 Å². The molecule has 0 bridgehead atoms. The Labute approximate surface area is 171 Å². The Hall–Kier alpha value is -3.32. The van der Waals surface area contributed by atoms with Crippen LogP contribution in [0.3, 0.4) is 0 Å². The zero-order valence-electron chi connectivity index (χ0n) is 15.7. The molecule has 0 fully saturated rings. The van der Waals surface area contributed by atoms with Crippen LogP contribution in [0.15, 0.2) is 42.5 Å². The molecule has 1 amide bonds. The van der Waals surface area contributed by atoms with Crippen molar-refractivity contribution >= 4 is 40.1 Å². The second-order valence-electron chi connectivity index (χ2n) is 6.56.